The first-order valence-electron chi connectivity index (χ1n) is 6.11. The molecule has 0 atom stereocenters. The Morgan fingerprint density at radius 3 is 2.80 bits per heavy atom. The van der Waals surface area contributed by atoms with Gasteiger partial charge in [-0.3, -0.25) is 0 Å². The normalized spacial score (nSPS) is 10.4. The molecule has 2 aromatic rings. The summed E-state index contributed by atoms with van der Waals surface area (Å²) in [6, 6.07) is 3.90. The highest BCUT2D eigenvalue weighted by atomic mass is 79.9. The Morgan fingerprint density at radius 1 is 1.40 bits per heavy atom. The molecule has 0 aliphatic rings. The lowest BCUT2D eigenvalue weighted by Gasteiger charge is -2.13. The third-order valence-corrected chi connectivity index (χ3v) is 3.23. The monoisotopic (exact) mass is 341 g/mol. The fourth-order valence-electron chi connectivity index (χ4n) is 1.74. The predicted octanol–water partition coefficient (Wildman–Crippen LogP) is 1.99. The molecular weight excluding hydrogens is 326 g/mol. The zero-order chi connectivity index (χ0) is 14.5. The Morgan fingerprint density at radius 2 is 2.20 bits per heavy atom. The molecule has 0 bridgehead atoms. The Bertz CT molecular complexity index is 587. The molecule has 20 heavy (non-hydrogen) atoms. The van der Waals surface area contributed by atoms with Crippen molar-refractivity contribution in [1.29, 1.82) is 0 Å². The smallest absolute Gasteiger partial charge is 0.242 e. The van der Waals surface area contributed by atoms with Crippen molar-refractivity contribution in [1.82, 2.24) is 20.2 Å². The SMILES string of the molecule is CCOc1cc(CNc2nnnn2C)cc(Br)c1OC. The lowest BCUT2D eigenvalue weighted by molar-refractivity contribution is 0.309. The molecular formula is C12H16BrN5O2. The second-order valence-corrected chi connectivity index (χ2v) is 4.88. The van der Waals surface area contributed by atoms with Crippen molar-refractivity contribution in [2.75, 3.05) is 19.0 Å². The number of ether oxygens (including phenoxy) is 2. The number of hydrogen-bond donors (Lipinski definition) is 1. The molecule has 0 amide bonds. The molecule has 0 saturated heterocycles. The Kier molecular flexibility index (Phi) is 4.78. The zero-order valence-electron chi connectivity index (χ0n) is 11.6. The number of nitrogens with zero attached hydrogens (tertiary/aromatic N) is 4. The van der Waals surface area contributed by atoms with E-state index in [0.717, 1.165) is 10.0 Å². The van der Waals surface area contributed by atoms with Gasteiger partial charge in [-0.05, 0) is 51.0 Å². The Labute approximate surface area is 125 Å². The summed E-state index contributed by atoms with van der Waals surface area (Å²) >= 11 is 3.48. The van der Waals surface area contributed by atoms with Crippen LogP contribution in [-0.2, 0) is 13.6 Å². The van der Waals surface area contributed by atoms with Crippen LogP contribution in [0.4, 0.5) is 5.95 Å². The van der Waals surface area contributed by atoms with Crippen LogP contribution in [0.5, 0.6) is 11.5 Å². The lowest BCUT2D eigenvalue weighted by Crippen LogP contribution is -2.06. The molecule has 0 fully saturated rings. The van der Waals surface area contributed by atoms with E-state index >= 15 is 0 Å². The molecule has 1 N–H and O–H groups in total. The van der Waals surface area contributed by atoms with Crippen LogP contribution < -0.4 is 14.8 Å². The van der Waals surface area contributed by atoms with Gasteiger partial charge < -0.3 is 14.8 Å². The third kappa shape index (κ3) is 3.19. The minimum atomic E-state index is 0.576. The standard InChI is InChI=1S/C12H16BrN5O2/c1-4-20-10-6-8(5-9(13)11(10)19-3)7-14-12-15-16-17-18(12)2/h5-6H,4,7H2,1-3H3,(H,14,15,17). The second kappa shape index (κ2) is 6.56. The Balaban J connectivity index is 2.17. The lowest BCUT2D eigenvalue weighted by atomic mass is 10.2. The molecule has 0 spiro atoms. The van der Waals surface area contributed by atoms with Gasteiger partial charge in [-0.1, -0.05) is 5.10 Å². The van der Waals surface area contributed by atoms with E-state index in [9.17, 15) is 0 Å². The minimum absolute atomic E-state index is 0.576. The minimum Gasteiger partial charge on any atom is -0.492 e. The topological polar surface area (TPSA) is 74.1 Å². The van der Waals surface area contributed by atoms with Crippen LogP contribution in [0.3, 0.4) is 0 Å². The number of tetrazole rings is 1. The number of rotatable bonds is 6. The molecule has 2 rings (SSSR count). The summed E-state index contributed by atoms with van der Waals surface area (Å²) in [6.07, 6.45) is 0. The molecule has 0 saturated carbocycles. The first-order chi connectivity index (χ1) is 9.65. The highest BCUT2D eigenvalue weighted by Gasteiger charge is 2.11. The van der Waals surface area contributed by atoms with E-state index in [1.165, 1.54) is 0 Å². The van der Waals surface area contributed by atoms with Crippen LogP contribution in [0, 0.1) is 0 Å². The van der Waals surface area contributed by atoms with Gasteiger partial charge in [-0.2, -0.15) is 0 Å². The molecule has 0 radical (unpaired) electrons. The van der Waals surface area contributed by atoms with Crippen LogP contribution in [0.2, 0.25) is 0 Å². The van der Waals surface area contributed by atoms with Gasteiger partial charge in [0.25, 0.3) is 0 Å². The molecule has 1 aromatic carbocycles. The van der Waals surface area contributed by atoms with Crippen molar-refractivity contribution >= 4 is 21.9 Å². The summed E-state index contributed by atoms with van der Waals surface area (Å²) < 4.78 is 13.3. The number of methoxy groups -OCH3 is 1. The average Bonchev–Trinajstić information content (AvgIpc) is 2.82. The quantitative estimate of drug-likeness (QED) is 0.866. The molecule has 108 valence electrons. The van der Waals surface area contributed by atoms with Gasteiger partial charge in [-0.15, -0.1) is 0 Å². The first kappa shape index (κ1) is 14.6. The van der Waals surface area contributed by atoms with E-state index in [-0.39, 0.29) is 0 Å². The first-order valence-corrected chi connectivity index (χ1v) is 6.90. The van der Waals surface area contributed by atoms with Crippen molar-refractivity contribution in [3.63, 3.8) is 0 Å². The largest absolute Gasteiger partial charge is 0.492 e. The van der Waals surface area contributed by atoms with Gasteiger partial charge in [0, 0.05) is 13.6 Å². The predicted molar refractivity (Wildman–Crippen MR) is 78.0 cm³/mol. The van der Waals surface area contributed by atoms with Crippen molar-refractivity contribution in [2.24, 2.45) is 7.05 Å². The summed E-state index contributed by atoms with van der Waals surface area (Å²) in [7, 11) is 3.39. The van der Waals surface area contributed by atoms with E-state index in [4.69, 9.17) is 9.47 Å². The molecule has 0 unspecified atom stereocenters. The van der Waals surface area contributed by atoms with E-state index in [1.807, 2.05) is 19.1 Å². The van der Waals surface area contributed by atoms with E-state index in [1.54, 1.807) is 18.8 Å². The molecule has 8 heteroatoms. The number of anilines is 1. The van der Waals surface area contributed by atoms with Crippen molar-refractivity contribution in [3.8, 4) is 11.5 Å². The fourth-order valence-corrected chi connectivity index (χ4v) is 2.40. The fraction of sp³-hybridized carbons (Fsp3) is 0.417. The number of benzene rings is 1. The van der Waals surface area contributed by atoms with Gasteiger partial charge in [0.1, 0.15) is 0 Å². The van der Waals surface area contributed by atoms with Gasteiger partial charge in [0.15, 0.2) is 11.5 Å². The van der Waals surface area contributed by atoms with Gasteiger partial charge in [-0.25, -0.2) is 4.68 Å². The molecule has 0 aliphatic heterocycles. The van der Waals surface area contributed by atoms with Crippen molar-refractivity contribution in [2.45, 2.75) is 13.5 Å². The summed E-state index contributed by atoms with van der Waals surface area (Å²) in [5, 5.41) is 14.4. The molecule has 0 aliphatic carbocycles. The maximum Gasteiger partial charge on any atom is 0.242 e. The highest BCUT2D eigenvalue weighted by Crippen LogP contribution is 2.36. The van der Waals surface area contributed by atoms with E-state index in [0.29, 0.717) is 30.6 Å². The van der Waals surface area contributed by atoms with Crippen LogP contribution in [0.15, 0.2) is 16.6 Å². The maximum absolute atomic E-state index is 5.58. The summed E-state index contributed by atoms with van der Waals surface area (Å²) in [5.74, 6) is 2.00. The summed E-state index contributed by atoms with van der Waals surface area (Å²) in [5.41, 5.74) is 1.03. The van der Waals surface area contributed by atoms with E-state index < -0.39 is 0 Å². The van der Waals surface area contributed by atoms with E-state index in [2.05, 4.69) is 36.8 Å². The van der Waals surface area contributed by atoms with Crippen molar-refractivity contribution < 1.29 is 9.47 Å². The molecule has 1 heterocycles. The number of aromatic nitrogens is 4. The number of hydrogen-bond acceptors (Lipinski definition) is 6. The van der Waals surface area contributed by atoms with Crippen LogP contribution >= 0.6 is 15.9 Å². The number of aryl methyl sites for hydroxylation is 1. The maximum atomic E-state index is 5.58. The zero-order valence-corrected chi connectivity index (χ0v) is 13.1. The number of halogens is 1. The van der Waals surface area contributed by atoms with Gasteiger partial charge >= 0.3 is 0 Å². The van der Waals surface area contributed by atoms with Crippen LogP contribution in [0.25, 0.3) is 0 Å². The average molecular weight is 342 g/mol. The van der Waals surface area contributed by atoms with Crippen LogP contribution in [0.1, 0.15) is 12.5 Å². The number of nitrogens with one attached hydrogen (secondary N) is 1. The van der Waals surface area contributed by atoms with Crippen LogP contribution in [-0.4, -0.2) is 33.9 Å². The summed E-state index contributed by atoms with van der Waals surface area (Å²) in [6.45, 7) is 3.09. The highest BCUT2D eigenvalue weighted by molar-refractivity contribution is 9.10. The van der Waals surface area contributed by atoms with Gasteiger partial charge in [0.05, 0.1) is 18.2 Å². The van der Waals surface area contributed by atoms with Crippen molar-refractivity contribution in [3.05, 3.63) is 22.2 Å². The molecule has 1 aromatic heterocycles. The molecule has 7 nitrogen and oxygen atoms in total. The van der Waals surface area contributed by atoms with Gasteiger partial charge in [0.2, 0.25) is 5.95 Å². The Hall–Kier alpha value is -1.83. The third-order valence-electron chi connectivity index (χ3n) is 2.64. The summed E-state index contributed by atoms with van der Waals surface area (Å²) in [4.78, 5) is 0. The second-order valence-electron chi connectivity index (χ2n) is 4.02.